The van der Waals surface area contributed by atoms with Crippen molar-refractivity contribution in [3.8, 4) is 0 Å². The SMILES string of the molecule is CNC(Cc1ccc(C)cc1Cl)c1ccoc1Cl. The maximum absolute atomic E-state index is 6.25. The first kappa shape index (κ1) is 13.5. The molecule has 1 N–H and O–H groups in total. The molecule has 1 aromatic carbocycles. The number of nitrogens with one attached hydrogen (secondary N) is 1. The van der Waals surface area contributed by atoms with Gasteiger partial charge in [0, 0.05) is 16.6 Å². The predicted molar refractivity (Wildman–Crippen MR) is 75.4 cm³/mol. The van der Waals surface area contributed by atoms with Gasteiger partial charge in [0.1, 0.15) is 0 Å². The number of hydrogen-bond donors (Lipinski definition) is 1. The number of hydrogen-bond acceptors (Lipinski definition) is 2. The maximum Gasteiger partial charge on any atom is 0.197 e. The lowest BCUT2D eigenvalue weighted by Gasteiger charge is -2.16. The van der Waals surface area contributed by atoms with E-state index in [1.807, 2.05) is 26.1 Å². The van der Waals surface area contributed by atoms with E-state index in [4.69, 9.17) is 27.6 Å². The monoisotopic (exact) mass is 283 g/mol. The molecule has 1 aromatic heterocycles. The van der Waals surface area contributed by atoms with Crippen molar-refractivity contribution in [1.29, 1.82) is 0 Å². The molecule has 0 spiro atoms. The first-order valence-electron chi connectivity index (χ1n) is 5.77. The third-order valence-corrected chi connectivity index (χ3v) is 3.66. The zero-order chi connectivity index (χ0) is 13.1. The van der Waals surface area contributed by atoms with Crippen LogP contribution in [0.25, 0.3) is 0 Å². The zero-order valence-electron chi connectivity index (χ0n) is 10.3. The Morgan fingerprint density at radius 3 is 2.61 bits per heavy atom. The molecule has 2 rings (SSSR count). The number of halogens is 2. The van der Waals surface area contributed by atoms with Crippen LogP contribution >= 0.6 is 23.2 Å². The lowest BCUT2D eigenvalue weighted by molar-refractivity contribution is 0.544. The summed E-state index contributed by atoms with van der Waals surface area (Å²) in [6.07, 6.45) is 2.37. The molecule has 0 aliphatic rings. The Morgan fingerprint density at radius 1 is 1.28 bits per heavy atom. The van der Waals surface area contributed by atoms with Crippen LogP contribution in [0.4, 0.5) is 0 Å². The van der Waals surface area contributed by atoms with Gasteiger partial charge in [-0.25, -0.2) is 0 Å². The van der Waals surface area contributed by atoms with Gasteiger partial charge in [-0.05, 0) is 55.3 Å². The second-order valence-electron chi connectivity index (χ2n) is 4.29. The van der Waals surface area contributed by atoms with Crippen LogP contribution in [0.1, 0.15) is 22.7 Å². The van der Waals surface area contributed by atoms with Crippen LogP contribution < -0.4 is 5.32 Å². The summed E-state index contributed by atoms with van der Waals surface area (Å²) in [5, 5.41) is 4.45. The van der Waals surface area contributed by atoms with Gasteiger partial charge < -0.3 is 9.73 Å². The van der Waals surface area contributed by atoms with E-state index < -0.39 is 0 Å². The largest absolute Gasteiger partial charge is 0.453 e. The highest BCUT2D eigenvalue weighted by Crippen LogP contribution is 2.29. The number of aryl methyl sites for hydroxylation is 1. The molecule has 0 fully saturated rings. The Morgan fingerprint density at radius 2 is 2.06 bits per heavy atom. The van der Waals surface area contributed by atoms with Gasteiger partial charge in [0.15, 0.2) is 5.22 Å². The van der Waals surface area contributed by atoms with Gasteiger partial charge in [-0.3, -0.25) is 0 Å². The topological polar surface area (TPSA) is 25.2 Å². The summed E-state index contributed by atoms with van der Waals surface area (Å²) >= 11 is 12.3. The summed E-state index contributed by atoms with van der Waals surface area (Å²) in [4.78, 5) is 0. The predicted octanol–water partition coefficient (Wildman–Crippen LogP) is 4.40. The van der Waals surface area contributed by atoms with Crippen LogP contribution in [0.5, 0.6) is 0 Å². The maximum atomic E-state index is 6.25. The van der Waals surface area contributed by atoms with Gasteiger partial charge >= 0.3 is 0 Å². The van der Waals surface area contributed by atoms with Crippen molar-refractivity contribution in [3.63, 3.8) is 0 Å². The standard InChI is InChI=1S/C14H15Cl2NO/c1-9-3-4-10(12(15)7-9)8-13(17-2)11-5-6-18-14(11)16/h3-7,13,17H,8H2,1-2H3. The Hall–Kier alpha value is -0.960. The van der Waals surface area contributed by atoms with Gasteiger partial charge in [0.2, 0.25) is 0 Å². The van der Waals surface area contributed by atoms with Gasteiger partial charge in [0.05, 0.1) is 6.26 Å². The summed E-state index contributed by atoms with van der Waals surface area (Å²) < 4.78 is 5.13. The van der Waals surface area contributed by atoms with Crippen LogP contribution in [0.15, 0.2) is 34.9 Å². The number of furan rings is 1. The zero-order valence-corrected chi connectivity index (χ0v) is 11.8. The van der Waals surface area contributed by atoms with E-state index in [9.17, 15) is 0 Å². The molecule has 1 atom stereocenters. The molecule has 0 saturated heterocycles. The fourth-order valence-electron chi connectivity index (χ4n) is 1.96. The average Bonchev–Trinajstić information content (AvgIpc) is 2.75. The molecule has 0 amide bonds. The van der Waals surface area contributed by atoms with Crippen molar-refractivity contribution in [2.24, 2.45) is 0 Å². The van der Waals surface area contributed by atoms with Gasteiger partial charge in [-0.2, -0.15) is 0 Å². The Bertz CT molecular complexity index is 536. The molecule has 2 nitrogen and oxygen atoms in total. The Balaban J connectivity index is 2.23. The highest BCUT2D eigenvalue weighted by Gasteiger charge is 2.17. The van der Waals surface area contributed by atoms with Crippen LogP contribution in [0, 0.1) is 6.92 Å². The third kappa shape index (κ3) is 2.89. The molecule has 1 unspecified atom stereocenters. The van der Waals surface area contributed by atoms with Crippen molar-refractivity contribution in [2.75, 3.05) is 7.05 Å². The first-order valence-corrected chi connectivity index (χ1v) is 6.52. The lowest BCUT2D eigenvalue weighted by atomic mass is 10.0. The molecular weight excluding hydrogens is 269 g/mol. The molecule has 18 heavy (non-hydrogen) atoms. The molecule has 0 aliphatic heterocycles. The third-order valence-electron chi connectivity index (χ3n) is 3.00. The van der Waals surface area contributed by atoms with Crippen molar-refractivity contribution < 1.29 is 4.42 Å². The van der Waals surface area contributed by atoms with E-state index >= 15 is 0 Å². The Kier molecular flexibility index (Phi) is 4.33. The first-order chi connectivity index (χ1) is 8.61. The van der Waals surface area contributed by atoms with Gasteiger partial charge in [0.25, 0.3) is 0 Å². The van der Waals surface area contributed by atoms with E-state index in [1.54, 1.807) is 6.26 Å². The molecule has 0 bridgehead atoms. The van der Waals surface area contributed by atoms with Crippen LogP contribution in [-0.2, 0) is 6.42 Å². The minimum Gasteiger partial charge on any atom is -0.453 e. The average molecular weight is 284 g/mol. The van der Waals surface area contributed by atoms with Crippen molar-refractivity contribution in [1.82, 2.24) is 5.32 Å². The molecule has 0 saturated carbocycles. The summed E-state index contributed by atoms with van der Waals surface area (Å²) in [6, 6.07) is 8.06. The molecule has 1 heterocycles. The van der Waals surface area contributed by atoms with Gasteiger partial charge in [-0.15, -0.1) is 0 Å². The quantitative estimate of drug-likeness (QED) is 0.900. The van der Waals surface area contributed by atoms with Crippen LogP contribution in [0.3, 0.4) is 0 Å². The second kappa shape index (κ2) is 5.79. The normalized spacial score (nSPS) is 12.7. The lowest BCUT2D eigenvalue weighted by Crippen LogP contribution is -2.18. The summed E-state index contributed by atoms with van der Waals surface area (Å²) in [6.45, 7) is 2.03. The Labute approximate surface area is 117 Å². The summed E-state index contributed by atoms with van der Waals surface area (Å²) in [5.41, 5.74) is 3.21. The minimum absolute atomic E-state index is 0.0939. The number of rotatable bonds is 4. The molecule has 2 aromatic rings. The van der Waals surface area contributed by atoms with Crippen LogP contribution in [0.2, 0.25) is 10.2 Å². The molecule has 96 valence electrons. The summed E-state index contributed by atoms with van der Waals surface area (Å²) in [7, 11) is 1.90. The van der Waals surface area contributed by atoms with Crippen molar-refractivity contribution >= 4 is 23.2 Å². The van der Waals surface area contributed by atoms with E-state index in [0.717, 1.165) is 28.1 Å². The molecule has 4 heteroatoms. The number of benzene rings is 1. The minimum atomic E-state index is 0.0939. The molecule has 0 radical (unpaired) electrons. The molecular formula is C14H15Cl2NO. The van der Waals surface area contributed by atoms with E-state index in [-0.39, 0.29) is 6.04 Å². The van der Waals surface area contributed by atoms with E-state index in [0.29, 0.717) is 5.22 Å². The summed E-state index contributed by atoms with van der Waals surface area (Å²) in [5.74, 6) is 0. The van der Waals surface area contributed by atoms with Gasteiger partial charge in [-0.1, -0.05) is 23.7 Å². The van der Waals surface area contributed by atoms with E-state index in [1.165, 1.54) is 0 Å². The smallest absolute Gasteiger partial charge is 0.197 e. The van der Waals surface area contributed by atoms with Crippen LogP contribution in [-0.4, -0.2) is 7.05 Å². The second-order valence-corrected chi connectivity index (χ2v) is 5.04. The molecule has 0 aliphatic carbocycles. The highest BCUT2D eigenvalue weighted by atomic mass is 35.5. The number of likely N-dealkylation sites (N-methyl/N-ethyl adjacent to an activating group) is 1. The van der Waals surface area contributed by atoms with Crippen molar-refractivity contribution in [3.05, 3.63) is 57.5 Å². The van der Waals surface area contributed by atoms with Crippen molar-refractivity contribution in [2.45, 2.75) is 19.4 Å². The fraction of sp³-hybridized carbons (Fsp3) is 0.286. The van der Waals surface area contributed by atoms with E-state index in [2.05, 4.69) is 17.4 Å². The highest BCUT2D eigenvalue weighted by molar-refractivity contribution is 6.31. The fourth-order valence-corrected chi connectivity index (χ4v) is 2.52.